The van der Waals surface area contributed by atoms with Gasteiger partial charge in [0.25, 0.3) is 0 Å². The molecule has 7 heteroatoms. The first-order chi connectivity index (χ1) is 13.3. The van der Waals surface area contributed by atoms with Crippen molar-refractivity contribution in [2.24, 2.45) is 0 Å². The molecule has 4 rings (SSSR count). The lowest BCUT2D eigenvalue weighted by Crippen LogP contribution is -2.56. The molecule has 0 N–H and O–H groups in total. The molecule has 0 aromatic heterocycles. The predicted molar refractivity (Wildman–Crippen MR) is 99.8 cm³/mol. The Morgan fingerprint density at radius 2 is 1.50 bits per heavy atom. The molecule has 3 heterocycles. The van der Waals surface area contributed by atoms with E-state index in [4.69, 9.17) is 33.2 Å². The summed E-state index contributed by atoms with van der Waals surface area (Å²) in [5, 5.41) is 0. The summed E-state index contributed by atoms with van der Waals surface area (Å²) >= 11 is 0. The maximum absolute atomic E-state index is 6.15. The van der Waals surface area contributed by atoms with Crippen LogP contribution in [0.15, 0.2) is 24.3 Å². The lowest BCUT2D eigenvalue weighted by Gasteiger charge is -2.37. The molecule has 7 nitrogen and oxygen atoms in total. The van der Waals surface area contributed by atoms with Crippen LogP contribution in [-0.2, 0) is 35.0 Å². The molecule has 5 unspecified atom stereocenters. The first kappa shape index (κ1) is 20.1. The highest BCUT2D eigenvalue weighted by Gasteiger charge is 2.60. The van der Waals surface area contributed by atoms with Gasteiger partial charge >= 0.3 is 0 Å². The average Bonchev–Trinajstić information content (AvgIpc) is 3.11. The SMILES string of the molecule is CCOc1ccc(COCC2OC3OC(C)(C)OC3C3OC(C)(C)OC23)cc1. The Labute approximate surface area is 166 Å². The Balaban J connectivity index is 1.38. The monoisotopic (exact) mass is 394 g/mol. The highest BCUT2D eigenvalue weighted by atomic mass is 16.9. The molecule has 1 aromatic rings. The van der Waals surface area contributed by atoms with Gasteiger partial charge in [-0.2, -0.15) is 0 Å². The zero-order valence-corrected chi connectivity index (χ0v) is 17.2. The summed E-state index contributed by atoms with van der Waals surface area (Å²) < 4.78 is 41.7. The van der Waals surface area contributed by atoms with Gasteiger partial charge in [0, 0.05) is 0 Å². The van der Waals surface area contributed by atoms with E-state index >= 15 is 0 Å². The van der Waals surface area contributed by atoms with Crippen LogP contribution in [0.25, 0.3) is 0 Å². The lowest BCUT2D eigenvalue weighted by molar-refractivity contribution is -0.243. The van der Waals surface area contributed by atoms with Crippen LogP contribution in [0.5, 0.6) is 5.75 Å². The van der Waals surface area contributed by atoms with Crippen molar-refractivity contribution in [3.05, 3.63) is 29.8 Å². The van der Waals surface area contributed by atoms with Crippen molar-refractivity contribution >= 4 is 0 Å². The summed E-state index contributed by atoms with van der Waals surface area (Å²) in [6.07, 6.45) is -1.63. The maximum Gasteiger partial charge on any atom is 0.190 e. The number of ether oxygens (including phenoxy) is 7. The van der Waals surface area contributed by atoms with Gasteiger partial charge in [-0.05, 0) is 52.3 Å². The van der Waals surface area contributed by atoms with Crippen LogP contribution >= 0.6 is 0 Å². The van der Waals surface area contributed by atoms with E-state index in [-0.39, 0.29) is 24.4 Å². The topological polar surface area (TPSA) is 64.6 Å². The summed E-state index contributed by atoms with van der Waals surface area (Å²) in [5.41, 5.74) is 1.07. The van der Waals surface area contributed by atoms with Crippen LogP contribution in [0.4, 0.5) is 0 Å². The first-order valence-corrected chi connectivity index (χ1v) is 9.92. The van der Waals surface area contributed by atoms with E-state index in [9.17, 15) is 0 Å². The number of benzene rings is 1. The van der Waals surface area contributed by atoms with Crippen molar-refractivity contribution in [2.45, 2.75) is 83.5 Å². The van der Waals surface area contributed by atoms with E-state index in [1.165, 1.54) is 0 Å². The molecular formula is C21H30O7. The predicted octanol–water partition coefficient (Wildman–Crippen LogP) is 3.00. The lowest BCUT2D eigenvalue weighted by atomic mass is 9.99. The molecule has 0 bridgehead atoms. The quantitative estimate of drug-likeness (QED) is 0.735. The van der Waals surface area contributed by atoms with Crippen molar-refractivity contribution in [3.8, 4) is 5.75 Å². The second kappa shape index (κ2) is 7.55. The summed E-state index contributed by atoms with van der Waals surface area (Å²) in [4.78, 5) is 0. The highest BCUT2D eigenvalue weighted by molar-refractivity contribution is 5.26. The largest absolute Gasteiger partial charge is 0.494 e. The Kier molecular flexibility index (Phi) is 5.41. The molecule has 0 saturated carbocycles. The van der Waals surface area contributed by atoms with Gasteiger partial charge in [0.1, 0.15) is 30.2 Å². The van der Waals surface area contributed by atoms with Gasteiger partial charge in [-0.15, -0.1) is 0 Å². The van der Waals surface area contributed by atoms with Crippen LogP contribution in [0.1, 0.15) is 40.2 Å². The van der Waals surface area contributed by atoms with Gasteiger partial charge in [-0.1, -0.05) is 12.1 Å². The van der Waals surface area contributed by atoms with Gasteiger partial charge in [0.15, 0.2) is 17.9 Å². The molecule has 3 aliphatic rings. The van der Waals surface area contributed by atoms with Crippen molar-refractivity contribution in [2.75, 3.05) is 13.2 Å². The fourth-order valence-electron chi connectivity index (χ4n) is 3.97. The zero-order valence-electron chi connectivity index (χ0n) is 17.2. The minimum atomic E-state index is -0.714. The van der Waals surface area contributed by atoms with Gasteiger partial charge in [0.05, 0.1) is 19.8 Å². The van der Waals surface area contributed by atoms with E-state index in [1.807, 2.05) is 58.9 Å². The molecule has 0 spiro atoms. The molecule has 0 aliphatic carbocycles. The fourth-order valence-corrected chi connectivity index (χ4v) is 3.97. The number of rotatable bonds is 6. The maximum atomic E-state index is 6.15. The Bertz CT molecular complexity index is 672. The Hall–Kier alpha value is -1.22. The molecular weight excluding hydrogens is 364 g/mol. The van der Waals surface area contributed by atoms with E-state index in [1.54, 1.807) is 0 Å². The smallest absolute Gasteiger partial charge is 0.190 e. The summed E-state index contributed by atoms with van der Waals surface area (Å²) in [5.74, 6) is -0.555. The van der Waals surface area contributed by atoms with E-state index in [0.29, 0.717) is 19.8 Å². The van der Waals surface area contributed by atoms with Crippen LogP contribution in [0, 0.1) is 0 Å². The minimum absolute atomic E-state index is 0.255. The molecule has 1 aromatic carbocycles. The third kappa shape index (κ3) is 4.20. The third-order valence-corrected chi connectivity index (χ3v) is 5.04. The van der Waals surface area contributed by atoms with Crippen LogP contribution < -0.4 is 4.74 Å². The zero-order chi connectivity index (χ0) is 19.9. The number of hydrogen-bond acceptors (Lipinski definition) is 7. The van der Waals surface area contributed by atoms with Crippen LogP contribution in [-0.4, -0.2) is 55.5 Å². The van der Waals surface area contributed by atoms with Crippen molar-refractivity contribution in [1.29, 1.82) is 0 Å². The number of fused-ring (bicyclic) bond motifs is 3. The summed E-state index contributed by atoms with van der Waals surface area (Å²) in [6, 6.07) is 7.89. The van der Waals surface area contributed by atoms with Gasteiger partial charge in [-0.3, -0.25) is 0 Å². The first-order valence-electron chi connectivity index (χ1n) is 9.92. The second-order valence-electron chi connectivity index (χ2n) is 8.30. The molecule has 28 heavy (non-hydrogen) atoms. The average molecular weight is 394 g/mol. The Morgan fingerprint density at radius 1 is 0.857 bits per heavy atom. The van der Waals surface area contributed by atoms with Crippen LogP contribution in [0.2, 0.25) is 0 Å². The number of hydrogen-bond donors (Lipinski definition) is 0. The molecule has 5 atom stereocenters. The van der Waals surface area contributed by atoms with Crippen molar-refractivity contribution < 1.29 is 33.2 Å². The van der Waals surface area contributed by atoms with Gasteiger partial charge < -0.3 is 33.2 Å². The van der Waals surface area contributed by atoms with Crippen LogP contribution in [0.3, 0.4) is 0 Å². The Morgan fingerprint density at radius 3 is 2.21 bits per heavy atom. The molecule has 3 saturated heterocycles. The standard InChI is InChI=1S/C21H30O7/c1-6-23-14-9-7-13(8-10-14)11-22-12-15-16-17(26-20(2,3)25-16)18-19(24-15)28-21(4,5)27-18/h7-10,15-19H,6,11-12H2,1-5H3. The van der Waals surface area contributed by atoms with E-state index in [0.717, 1.165) is 11.3 Å². The van der Waals surface area contributed by atoms with Crippen molar-refractivity contribution in [1.82, 2.24) is 0 Å². The molecule has 3 fully saturated rings. The minimum Gasteiger partial charge on any atom is -0.494 e. The molecule has 0 radical (unpaired) electrons. The van der Waals surface area contributed by atoms with Gasteiger partial charge in [0.2, 0.25) is 0 Å². The molecule has 0 amide bonds. The third-order valence-electron chi connectivity index (χ3n) is 5.04. The van der Waals surface area contributed by atoms with Crippen molar-refractivity contribution in [3.63, 3.8) is 0 Å². The fraction of sp³-hybridized carbons (Fsp3) is 0.714. The van der Waals surface area contributed by atoms with Gasteiger partial charge in [-0.25, -0.2) is 0 Å². The molecule has 156 valence electrons. The normalized spacial score (nSPS) is 35.4. The van der Waals surface area contributed by atoms with E-state index < -0.39 is 17.9 Å². The summed E-state index contributed by atoms with van der Waals surface area (Å²) in [7, 11) is 0. The summed E-state index contributed by atoms with van der Waals surface area (Å²) in [6.45, 7) is 11.0. The molecule has 3 aliphatic heterocycles. The highest BCUT2D eigenvalue weighted by Crippen LogP contribution is 2.44. The van der Waals surface area contributed by atoms with E-state index in [2.05, 4.69) is 0 Å². The second-order valence-corrected chi connectivity index (χ2v) is 8.30.